The van der Waals surface area contributed by atoms with E-state index in [0.29, 0.717) is 18.7 Å². The molecule has 96 valence electrons. The molecule has 1 N–H and O–H groups in total. The maximum absolute atomic E-state index is 11.9. The van der Waals surface area contributed by atoms with Crippen molar-refractivity contribution in [1.29, 1.82) is 0 Å². The third-order valence-electron chi connectivity index (χ3n) is 2.64. The Morgan fingerprint density at radius 1 is 1.44 bits per heavy atom. The molecular formula is C11H14BrN5O. The third kappa shape index (κ3) is 2.79. The minimum Gasteiger partial charge on any atom is -0.350 e. The van der Waals surface area contributed by atoms with E-state index in [0.717, 1.165) is 10.3 Å². The minimum absolute atomic E-state index is 0.0923. The number of nitrogens with zero attached hydrogens (tertiary/aromatic N) is 4. The second-order valence-corrected chi connectivity index (χ2v) is 4.93. The van der Waals surface area contributed by atoms with Crippen molar-refractivity contribution in [3.05, 3.63) is 34.6 Å². The Kier molecular flexibility index (Phi) is 3.81. The van der Waals surface area contributed by atoms with E-state index in [4.69, 9.17) is 0 Å². The number of nitrogens with one attached hydrogen (secondary N) is 1. The van der Waals surface area contributed by atoms with E-state index in [1.165, 1.54) is 0 Å². The summed E-state index contributed by atoms with van der Waals surface area (Å²) in [6, 6.07) is 1.79. The van der Waals surface area contributed by atoms with Crippen LogP contribution in [0.3, 0.4) is 0 Å². The molecule has 0 bridgehead atoms. The zero-order valence-electron chi connectivity index (χ0n) is 10.2. The molecule has 0 spiro atoms. The Labute approximate surface area is 113 Å². The van der Waals surface area contributed by atoms with Crippen LogP contribution in [-0.4, -0.2) is 31.8 Å². The fourth-order valence-corrected chi connectivity index (χ4v) is 2.19. The number of halogens is 1. The first-order valence-electron chi connectivity index (χ1n) is 5.51. The molecule has 0 aliphatic rings. The summed E-state index contributed by atoms with van der Waals surface area (Å²) in [6.07, 6.45) is 4.15. The van der Waals surface area contributed by atoms with E-state index in [2.05, 4.69) is 31.4 Å². The Hall–Kier alpha value is -1.63. The number of hydrogen-bond acceptors (Lipinski definition) is 3. The molecule has 0 aromatic carbocycles. The molecule has 18 heavy (non-hydrogen) atoms. The minimum atomic E-state index is -0.0923. The van der Waals surface area contributed by atoms with Gasteiger partial charge < -0.3 is 14.5 Å². The predicted octanol–water partition coefficient (Wildman–Crippen LogP) is 0.889. The van der Waals surface area contributed by atoms with Crippen LogP contribution in [0.2, 0.25) is 0 Å². The number of amides is 1. The van der Waals surface area contributed by atoms with Crippen molar-refractivity contribution in [1.82, 2.24) is 24.6 Å². The van der Waals surface area contributed by atoms with Gasteiger partial charge in [0.15, 0.2) is 0 Å². The van der Waals surface area contributed by atoms with Crippen LogP contribution in [0.1, 0.15) is 16.3 Å². The third-order valence-corrected chi connectivity index (χ3v) is 3.08. The lowest BCUT2D eigenvalue weighted by atomic mass is 10.3. The van der Waals surface area contributed by atoms with E-state index in [1.54, 1.807) is 17.0 Å². The molecule has 2 heterocycles. The van der Waals surface area contributed by atoms with Crippen LogP contribution >= 0.6 is 15.9 Å². The van der Waals surface area contributed by atoms with E-state index in [1.807, 2.05) is 24.9 Å². The van der Waals surface area contributed by atoms with Crippen LogP contribution in [0.5, 0.6) is 0 Å². The van der Waals surface area contributed by atoms with Gasteiger partial charge in [0.05, 0.1) is 0 Å². The summed E-state index contributed by atoms with van der Waals surface area (Å²) in [5.41, 5.74) is 0.625. The Morgan fingerprint density at radius 2 is 2.22 bits per heavy atom. The summed E-state index contributed by atoms with van der Waals surface area (Å²) >= 11 is 3.34. The van der Waals surface area contributed by atoms with Gasteiger partial charge in [0.1, 0.15) is 17.8 Å². The van der Waals surface area contributed by atoms with E-state index >= 15 is 0 Å². The molecule has 0 radical (unpaired) electrons. The van der Waals surface area contributed by atoms with E-state index in [9.17, 15) is 4.79 Å². The van der Waals surface area contributed by atoms with Crippen molar-refractivity contribution >= 4 is 21.8 Å². The van der Waals surface area contributed by atoms with Gasteiger partial charge in [0.2, 0.25) is 0 Å². The topological polar surface area (TPSA) is 64.7 Å². The number of carbonyl (C=O) groups is 1. The smallest absolute Gasteiger partial charge is 0.267 e. The summed E-state index contributed by atoms with van der Waals surface area (Å²) in [7, 11) is 3.72. The van der Waals surface area contributed by atoms with Crippen LogP contribution in [-0.2, 0) is 20.5 Å². The molecule has 0 saturated heterocycles. The number of aromatic nitrogens is 4. The SMILES string of the molecule is Cn1cc(Br)cc1C(=O)NCCc1nncn1C. The first-order chi connectivity index (χ1) is 8.58. The van der Waals surface area contributed by atoms with Crippen LogP contribution in [0.25, 0.3) is 0 Å². The van der Waals surface area contributed by atoms with Crippen LogP contribution < -0.4 is 5.32 Å². The number of rotatable bonds is 4. The predicted molar refractivity (Wildman–Crippen MR) is 70.2 cm³/mol. The Morgan fingerprint density at radius 3 is 2.78 bits per heavy atom. The lowest BCUT2D eigenvalue weighted by Gasteiger charge is -2.05. The second kappa shape index (κ2) is 5.34. The standard InChI is InChI=1S/C11H14BrN5O/c1-16-6-8(12)5-9(16)11(18)13-4-3-10-15-14-7-17(10)2/h5-7H,3-4H2,1-2H3,(H,13,18). The fraction of sp³-hybridized carbons (Fsp3) is 0.364. The van der Waals surface area contributed by atoms with Crippen molar-refractivity contribution in [3.8, 4) is 0 Å². The molecule has 0 fully saturated rings. The molecule has 0 unspecified atom stereocenters. The van der Waals surface area contributed by atoms with Crippen molar-refractivity contribution in [3.63, 3.8) is 0 Å². The van der Waals surface area contributed by atoms with Gasteiger partial charge in [-0.2, -0.15) is 0 Å². The number of carbonyl (C=O) groups excluding carboxylic acids is 1. The van der Waals surface area contributed by atoms with Crippen LogP contribution in [0, 0.1) is 0 Å². The monoisotopic (exact) mass is 311 g/mol. The largest absolute Gasteiger partial charge is 0.350 e. The highest BCUT2D eigenvalue weighted by Gasteiger charge is 2.10. The lowest BCUT2D eigenvalue weighted by Crippen LogP contribution is -2.27. The summed E-state index contributed by atoms with van der Waals surface area (Å²) in [5, 5.41) is 10.6. The average molecular weight is 312 g/mol. The Balaban J connectivity index is 1.89. The maximum Gasteiger partial charge on any atom is 0.267 e. The molecule has 7 heteroatoms. The molecule has 0 aliphatic heterocycles. The summed E-state index contributed by atoms with van der Waals surface area (Å²) < 4.78 is 4.51. The van der Waals surface area contributed by atoms with Crippen molar-refractivity contribution < 1.29 is 4.79 Å². The maximum atomic E-state index is 11.9. The molecule has 0 saturated carbocycles. The van der Waals surface area contributed by atoms with Crippen LogP contribution in [0.15, 0.2) is 23.1 Å². The van der Waals surface area contributed by atoms with Gasteiger partial charge >= 0.3 is 0 Å². The molecule has 2 aromatic heterocycles. The molecule has 0 atom stereocenters. The lowest BCUT2D eigenvalue weighted by molar-refractivity contribution is 0.0946. The molecule has 2 aromatic rings. The van der Waals surface area contributed by atoms with Gasteiger partial charge in [-0.15, -0.1) is 10.2 Å². The number of hydrogen-bond donors (Lipinski definition) is 1. The molecule has 6 nitrogen and oxygen atoms in total. The van der Waals surface area contributed by atoms with Crippen molar-refractivity contribution in [2.75, 3.05) is 6.54 Å². The highest BCUT2D eigenvalue weighted by Crippen LogP contribution is 2.13. The summed E-state index contributed by atoms with van der Waals surface area (Å²) in [4.78, 5) is 11.9. The molecular weight excluding hydrogens is 298 g/mol. The van der Waals surface area contributed by atoms with Crippen LogP contribution in [0.4, 0.5) is 0 Å². The summed E-state index contributed by atoms with van der Waals surface area (Å²) in [6.45, 7) is 0.536. The average Bonchev–Trinajstić information content (AvgIpc) is 2.85. The first-order valence-corrected chi connectivity index (χ1v) is 6.30. The molecule has 1 amide bonds. The molecule has 2 rings (SSSR count). The normalized spacial score (nSPS) is 10.6. The van der Waals surface area contributed by atoms with Gasteiger partial charge in [0, 0.05) is 37.7 Å². The zero-order chi connectivity index (χ0) is 13.1. The van der Waals surface area contributed by atoms with Gasteiger partial charge in [0.25, 0.3) is 5.91 Å². The molecule has 0 aliphatic carbocycles. The van der Waals surface area contributed by atoms with Crippen molar-refractivity contribution in [2.45, 2.75) is 6.42 Å². The highest BCUT2D eigenvalue weighted by atomic mass is 79.9. The van der Waals surface area contributed by atoms with E-state index in [-0.39, 0.29) is 5.91 Å². The van der Waals surface area contributed by atoms with E-state index < -0.39 is 0 Å². The fourth-order valence-electron chi connectivity index (χ4n) is 1.66. The Bertz CT molecular complexity index is 560. The summed E-state index contributed by atoms with van der Waals surface area (Å²) in [5.74, 6) is 0.758. The number of aryl methyl sites for hydroxylation is 2. The quantitative estimate of drug-likeness (QED) is 0.912. The van der Waals surface area contributed by atoms with Gasteiger partial charge in [-0.1, -0.05) is 0 Å². The van der Waals surface area contributed by atoms with Crippen molar-refractivity contribution in [2.24, 2.45) is 14.1 Å². The first kappa shape index (κ1) is 12.8. The van der Waals surface area contributed by atoms with Gasteiger partial charge in [-0.25, -0.2) is 0 Å². The highest BCUT2D eigenvalue weighted by molar-refractivity contribution is 9.10. The van der Waals surface area contributed by atoms with Gasteiger partial charge in [-0.05, 0) is 22.0 Å². The second-order valence-electron chi connectivity index (χ2n) is 4.02. The van der Waals surface area contributed by atoms with Gasteiger partial charge in [-0.3, -0.25) is 4.79 Å². The zero-order valence-corrected chi connectivity index (χ0v) is 11.8.